The Morgan fingerprint density at radius 2 is 1.96 bits per heavy atom. The summed E-state index contributed by atoms with van der Waals surface area (Å²) >= 11 is 0. The Hall–Kier alpha value is -3.15. The molecule has 0 saturated carbocycles. The van der Waals surface area contributed by atoms with E-state index in [2.05, 4.69) is 0 Å². The molecule has 2 N–H and O–H groups in total. The molecule has 24 heavy (non-hydrogen) atoms. The standard InChI is InChI=1S/C18H16FNO4/c1-23-17-10-13(24-11-18(20)22)7-8-14(17)16(21)9-6-12-4-2-3-5-15(12)19/h2-10H,11H2,1H3,(H2,20,22)/b9-6+. The van der Waals surface area contributed by atoms with Gasteiger partial charge in [0.15, 0.2) is 12.4 Å². The van der Waals surface area contributed by atoms with Gasteiger partial charge in [-0.05, 0) is 30.4 Å². The zero-order valence-corrected chi connectivity index (χ0v) is 13.0. The van der Waals surface area contributed by atoms with Crippen LogP contribution in [0.2, 0.25) is 0 Å². The number of carbonyl (C=O) groups is 2. The maximum atomic E-state index is 13.5. The molecule has 0 bridgehead atoms. The van der Waals surface area contributed by atoms with E-state index in [1.54, 1.807) is 18.2 Å². The largest absolute Gasteiger partial charge is 0.496 e. The Morgan fingerprint density at radius 3 is 2.62 bits per heavy atom. The van der Waals surface area contributed by atoms with Crippen LogP contribution in [0.25, 0.3) is 6.08 Å². The molecule has 0 radical (unpaired) electrons. The van der Waals surface area contributed by atoms with E-state index in [0.29, 0.717) is 11.3 Å². The van der Waals surface area contributed by atoms with Crippen molar-refractivity contribution in [3.63, 3.8) is 0 Å². The summed E-state index contributed by atoms with van der Waals surface area (Å²) in [5.41, 5.74) is 5.61. The summed E-state index contributed by atoms with van der Waals surface area (Å²) in [7, 11) is 1.41. The van der Waals surface area contributed by atoms with Gasteiger partial charge in [0.25, 0.3) is 5.91 Å². The Bertz CT molecular complexity index is 786. The van der Waals surface area contributed by atoms with Crippen molar-refractivity contribution in [2.24, 2.45) is 5.73 Å². The molecule has 2 rings (SSSR count). The molecule has 6 heteroatoms. The maximum Gasteiger partial charge on any atom is 0.255 e. The van der Waals surface area contributed by atoms with E-state index in [1.807, 2.05) is 0 Å². The molecule has 0 saturated heterocycles. The third kappa shape index (κ3) is 4.42. The van der Waals surface area contributed by atoms with E-state index in [1.165, 1.54) is 43.5 Å². The number of ether oxygens (including phenoxy) is 2. The fraction of sp³-hybridized carbons (Fsp3) is 0.111. The van der Waals surface area contributed by atoms with Gasteiger partial charge >= 0.3 is 0 Å². The minimum Gasteiger partial charge on any atom is -0.496 e. The molecule has 124 valence electrons. The topological polar surface area (TPSA) is 78.6 Å². The first-order valence-corrected chi connectivity index (χ1v) is 7.07. The normalized spacial score (nSPS) is 10.6. The predicted octanol–water partition coefficient (Wildman–Crippen LogP) is 2.59. The van der Waals surface area contributed by atoms with Crippen LogP contribution in [0, 0.1) is 5.82 Å². The molecule has 5 nitrogen and oxygen atoms in total. The lowest BCUT2D eigenvalue weighted by molar-refractivity contribution is -0.119. The van der Waals surface area contributed by atoms with Gasteiger partial charge in [0.2, 0.25) is 0 Å². The first-order chi connectivity index (χ1) is 11.5. The van der Waals surface area contributed by atoms with E-state index in [0.717, 1.165) is 0 Å². The van der Waals surface area contributed by atoms with Crippen LogP contribution in [-0.4, -0.2) is 25.4 Å². The smallest absolute Gasteiger partial charge is 0.255 e. The van der Waals surface area contributed by atoms with Crippen molar-refractivity contribution in [1.29, 1.82) is 0 Å². The summed E-state index contributed by atoms with van der Waals surface area (Å²) in [5.74, 6) is -0.748. The van der Waals surface area contributed by atoms with Gasteiger partial charge in [0, 0.05) is 11.6 Å². The highest BCUT2D eigenvalue weighted by Crippen LogP contribution is 2.25. The van der Waals surface area contributed by atoms with Gasteiger partial charge in [-0.25, -0.2) is 4.39 Å². The molecular weight excluding hydrogens is 313 g/mol. The molecule has 0 unspecified atom stereocenters. The van der Waals surface area contributed by atoms with Crippen molar-refractivity contribution < 1.29 is 23.5 Å². The van der Waals surface area contributed by atoms with E-state index in [-0.39, 0.29) is 23.7 Å². The van der Waals surface area contributed by atoms with E-state index in [9.17, 15) is 14.0 Å². The number of ketones is 1. The van der Waals surface area contributed by atoms with Crippen molar-refractivity contribution in [3.8, 4) is 11.5 Å². The highest BCUT2D eigenvalue weighted by atomic mass is 19.1. The molecule has 2 aromatic carbocycles. The number of carbonyl (C=O) groups excluding carboxylic acids is 2. The first-order valence-electron chi connectivity index (χ1n) is 7.07. The SMILES string of the molecule is COc1cc(OCC(N)=O)ccc1C(=O)/C=C/c1ccccc1F. The van der Waals surface area contributed by atoms with Gasteiger partial charge in [0.05, 0.1) is 12.7 Å². The summed E-state index contributed by atoms with van der Waals surface area (Å²) in [4.78, 5) is 23.0. The van der Waals surface area contributed by atoms with Crippen LogP contribution < -0.4 is 15.2 Å². The Labute approximate surface area is 138 Å². The van der Waals surface area contributed by atoms with Crippen molar-refractivity contribution in [3.05, 3.63) is 65.5 Å². The molecule has 0 aliphatic rings. The summed E-state index contributed by atoms with van der Waals surface area (Å²) in [5, 5.41) is 0. The first kappa shape index (κ1) is 17.2. The number of halogens is 1. The van der Waals surface area contributed by atoms with Crippen LogP contribution >= 0.6 is 0 Å². The van der Waals surface area contributed by atoms with Crippen LogP contribution in [0.5, 0.6) is 11.5 Å². The average Bonchev–Trinajstić information content (AvgIpc) is 2.58. The lowest BCUT2D eigenvalue weighted by Crippen LogP contribution is -2.20. The van der Waals surface area contributed by atoms with Crippen LogP contribution in [0.3, 0.4) is 0 Å². The Balaban J connectivity index is 2.19. The number of rotatable bonds is 7. The van der Waals surface area contributed by atoms with Crippen molar-refractivity contribution in [2.75, 3.05) is 13.7 Å². The number of hydrogen-bond donors (Lipinski definition) is 1. The zero-order chi connectivity index (χ0) is 17.5. The highest BCUT2D eigenvalue weighted by molar-refractivity contribution is 6.08. The summed E-state index contributed by atoms with van der Waals surface area (Å²) in [6.07, 6.45) is 2.66. The maximum absolute atomic E-state index is 13.5. The second-order valence-corrected chi connectivity index (χ2v) is 4.84. The van der Waals surface area contributed by atoms with Gasteiger partial charge in [-0.1, -0.05) is 18.2 Å². The number of benzene rings is 2. The number of hydrogen-bond acceptors (Lipinski definition) is 4. The number of primary amides is 1. The number of nitrogens with two attached hydrogens (primary N) is 1. The monoisotopic (exact) mass is 329 g/mol. The Kier molecular flexibility index (Phi) is 5.68. The van der Waals surface area contributed by atoms with Crippen molar-refractivity contribution in [1.82, 2.24) is 0 Å². The molecule has 0 atom stereocenters. The molecule has 0 fully saturated rings. The zero-order valence-electron chi connectivity index (χ0n) is 13.0. The average molecular weight is 329 g/mol. The quantitative estimate of drug-likeness (QED) is 0.625. The fourth-order valence-corrected chi connectivity index (χ4v) is 1.98. The van der Waals surface area contributed by atoms with Gasteiger partial charge in [-0.15, -0.1) is 0 Å². The van der Waals surface area contributed by atoms with Crippen LogP contribution in [0.4, 0.5) is 4.39 Å². The lowest BCUT2D eigenvalue weighted by atomic mass is 10.1. The van der Waals surface area contributed by atoms with Crippen LogP contribution in [0.1, 0.15) is 15.9 Å². The summed E-state index contributed by atoms with van der Waals surface area (Å²) in [6, 6.07) is 10.6. The molecule has 0 aliphatic heterocycles. The van der Waals surface area contributed by atoms with Crippen molar-refractivity contribution in [2.45, 2.75) is 0 Å². The minimum atomic E-state index is -0.609. The van der Waals surface area contributed by atoms with E-state index in [4.69, 9.17) is 15.2 Å². The molecule has 0 aromatic heterocycles. The molecular formula is C18H16FNO4. The second kappa shape index (κ2) is 7.92. The third-order valence-corrected chi connectivity index (χ3v) is 3.14. The van der Waals surface area contributed by atoms with Gasteiger partial charge in [-0.3, -0.25) is 9.59 Å². The third-order valence-electron chi connectivity index (χ3n) is 3.14. The highest BCUT2D eigenvalue weighted by Gasteiger charge is 2.12. The number of allylic oxidation sites excluding steroid dienone is 1. The van der Waals surface area contributed by atoms with E-state index >= 15 is 0 Å². The molecule has 0 spiro atoms. The van der Waals surface area contributed by atoms with Gasteiger partial charge < -0.3 is 15.2 Å². The minimum absolute atomic E-state index is 0.274. The summed E-state index contributed by atoms with van der Waals surface area (Å²) in [6.45, 7) is -0.274. The number of methoxy groups -OCH3 is 1. The second-order valence-electron chi connectivity index (χ2n) is 4.84. The lowest BCUT2D eigenvalue weighted by Gasteiger charge is -2.09. The molecule has 1 amide bonds. The van der Waals surface area contributed by atoms with E-state index < -0.39 is 11.7 Å². The molecule has 2 aromatic rings. The van der Waals surface area contributed by atoms with Gasteiger partial charge in [-0.2, -0.15) is 0 Å². The molecule has 0 aliphatic carbocycles. The van der Waals surface area contributed by atoms with Crippen molar-refractivity contribution >= 4 is 17.8 Å². The van der Waals surface area contributed by atoms with Crippen LogP contribution in [-0.2, 0) is 4.79 Å². The fourth-order valence-electron chi connectivity index (χ4n) is 1.98. The Morgan fingerprint density at radius 1 is 1.21 bits per heavy atom. The van der Waals surface area contributed by atoms with Crippen LogP contribution in [0.15, 0.2) is 48.5 Å². The summed E-state index contributed by atoms with van der Waals surface area (Å²) < 4.78 is 23.9. The van der Waals surface area contributed by atoms with Gasteiger partial charge in [0.1, 0.15) is 17.3 Å². The number of amides is 1. The predicted molar refractivity (Wildman–Crippen MR) is 87.4 cm³/mol. The molecule has 0 heterocycles.